The molecule has 0 aliphatic rings. The number of carbonyl (C=O) groups excluding carboxylic acids is 1. The van der Waals surface area contributed by atoms with Gasteiger partial charge in [-0.1, -0.05) is 12.1 Å². The van der Waals surface area contributed by atoms with Gasteiger partial charge >= 0.3 is 0 Å². The van der Waals surface area contributed by atoms with Gasteiger partial charge in [0.05, 0.1) is 6.54 Å². The van der Waals surface area contributed by atoms with Crippen LogP contribution >= 0.6 is 11.3 Å². The molecule has 3 nitrogen and oxygen atoms in total. The van der Waals surface area contributed by atoms with Crippen molar-refractivity contribution in [2.45, 2.75) is 6.54 Å². The van der Waals surface area contributed by atoms with Crippen molar-refractivity contribution in [2.75, 3.05) is 6.54 Å². The Morgan fingerprint density at radius 2 is 2.00 bits per heavy atom. The highest BCUT2D eigenvalue weighted by Crippen LogP contribution is 2.24. The van der Waals surface area contributed by atoms with Crippen LogP contribution in [0, 0.1) is 5.82 Å². The van der Waals surface area contributed by atoms with E-state index >= 15 is 0 Å². The first-order valence-corrected chi connectivity index (χ1v) is 8.33. The molecule has 0 aliphatic heterocycles. The quantitative estimate of drug-likeness (QED) is 0.593. The zero-order chi connectivity index (χ0) is 16.9. The Kier molecular flexibility index (Phi) is 4.91. The number of halogens is 1. The summed E-state index contributed by atoms with van der Waals surface area (Å²) in [7, 11) is 0. The Morgan fingerprint density at radius 3 is 2.67 bits per heavy atom. The van der Waals surface area contributed by atoms with Gasteiger partial charge in [0, 0.05) is 17.0 Å². The van der Waals surface area contributed by atoms with Gasteiger partial charge in [0.15, 0.2) is 5.76 Å². The zero-order valence-corrected chi connectivity index (χ0v) is 13.8. The van der Waals surface area contributed by atoms with Crippen molar-refractivity contribution in [3.05, 3.63) is 83.0 Å². The molecule has 1 amide bonds. The summed E-state index contributed by atoms with van der Waals surface area (Å²) in [6.07, 6.45) is 1.69. The van der Waals surface area contributed by atoms with Crippen LogP contribution in [0.15, 0.2) is 71.0 Å². The van der Waals surface area contributed by atoms with Crippen molar-refractivity contribution < 1.29 is 13.6 Å². The summed E-state index contributed by atoms with van der Waals surface area (Å²) in [4.78, 5) is 15.5. The van der Waals surface area contributed by atoms with Crippen LogP contribution < -0.4 is 0 Å². The molecule has 122 valence electrons. The molecule has 2 aromatic heterocycles. The number of carbonyl (C=O) groups is 1. The van der Waals surface area contributed by atoms with Crippen molar-refractivity contribution >= 4 is 17.2 Å². The molecule has 0 saturated heterocycles. The molecular weight excluding hydrogens is 325 g/mol. The third-order valence-corrected chi connectivity index (χ3v) is 4.37. The number of rotatable bonds is 6. The molecule has 0 atom stereocenters. The summed E-state index contributed by atoms with van der Waals surface area (Å²) in [5.41, 5.74) is 0.726. The summed E-state index contributed by atoms with van der Waals surface area (Å²) < 4.78 is 18.7. The molecule has 0 aliphatic carbocycles. The van der Waals surface area contributed by atoms with Crippen LogP contribution in [-0.2, 0) is 6.54 Å². The number of benzene rings is 1. The predicted octanol–water partition coefficient (Wildman–Crippen LogP) is 4.98. The highest BCUT2D eigenvalue weighted by molar-refractivity contribution is 7.09. The Bertz CT molecular complexity index is 821. The minimum atomic E-state index is -0.310. The molecule has 0 saturated carbocycles. The van der Waals surface area contributed by atoms with Gasteiger partial charge in [-0.15, -0.1) is 17.9 Å². The summed E-state index contributed by atoms with van der Waals surface area (Å²) in [6.45, 7) is 4.65. The molecule has 24 heavy (non-hydrogen) atoms. The lowest BCUT2D eigenvalue weighted by atomic mass is 10.2. The lowest BCUT2D eigenvalue weighted by Crippen LogP contribution is -2.30. The van der Waals surface area contributed by atoms with Crippen molar-refractivity contribution in [3.63, 3.8) is 0 Å². The third kappa shape index (κ3) is 3.63. The zero-order valence-electron chi connectivity index (χ0n) is 12.9. The van der Waals surface area contributed by atoms with Crippen molar-refractivity contribution in [1.29, 1.82) is 0 Å². The number of hydrogen-bond donors (Lipinski definition) is 0. The van der Waals surface area contributed by atoms with Gasteiger partial charge in [0.1, 0.15) is 11.6 Å². The molecule has 3 aromatic rings. The van der Waals surface area contributed by atoms with Crippen LogP contribution in [0.5, 0.6) is 0 Å². The summed E-state index contributed by atoms with van der Waals surface area (Å²) in [6, 6.07) is 13.3. The SMILES string of the molecule is C=CCN(Cc1cccs1)C(=O)c1ccc(-c2ccc(F)cc2)o1. The van der Waals surface area contributed by atoms with Gasteiger partial charge in [-0.05, 0) is 47.8 Å². The van der Waals surface area contributed by atoms with E-state index in [1.165, 1.54) is 12.1 Å². The predicted molar refractivity (Wildman–Crippen MR) is 93.4 cm³/mol. The van der Waals surface area contributed by atoms with Gasteiger partial charge in [0.25, 0.3) is 5.91 Å². The Morgan fingerprint density at radius 1 is 1.21 bits per heavy atom. The Hall–Kier alpha value is -2.66. The van der Waals surface area contributed by atoms with E-state index in [0.29, 0.717) is 18.8 Å². The van der Waals surface area contributed by atoms with Crippen LogP contribution in [-0.4, -0.2) is 17.4 Å². The highest BCUT2D eigenvalue weighted by atomic mass is 32.1. The van der Waals surface area contributed by atoms with Crippen molar-refractivity contribution in [3.8, 4) is 11.3 Å². The van der Waals surface area contributed by atoms with Crippen LogP contribution in [0.3, 0.4) is 0 Å². The minimum Gasteiger partial charge on any atom is -0.451 e. The van der Waals surface area contributed by atoms with Crippen molar-refractivity contribution in [2.24, 2.45) is 0 Å². The molecular formula is C19H16FNO2S. The molecule has 0 bridgehead atoms. The van der Waals surface area contributed by atoms with Gasteiger partial charge in [-0.25, -0.2) is 4.39 Å². The molecule has 5 heteroatoms. The fraction of sp³-hybridized carbons (Fsp3) is 0.105. The molecule has 0 unspecified atom stereocenters. The summed E-state index contributed by atoms with van der Waals surface area (Å²) in [5, 5.41) is 1.98. The van der Waals surface area contributed by atoms with E-state index in [0.717, 1.165) is 10.4 Å². The number of amides is 1. The van der Waals surface area contributed by atoms with E-state index in [9.17, 15) is 9.18 Å². The number of nitrogens with zero attached hydrogens (tertiary/aromatic N) is 1. The average Bonchev–Trinajstić information content (AvgIpc) is 3.26. The average molecular weight is 341 g/mol. The normalized spacial score (nSPS) is 10.5. The summed E-state index contributed by atoms with van der Waals surface area (Å²) >= 11 is 1.60. The van der Waals surface area contributed by atoms with E-state index in [1.807, 2.05) is 17.5 Å². The topological polar surface area (TPSA) is 33.5 Å². The fourth-order valence-electron chi connectivity index (χ4n) is 2.34. The maximum Gasteiger partial charge on any atom is 0.290 e. The van der Waals surface area contributed by atoms with Gasteiger partial charge in [-0.3, -0.25) is 4.79 Å². The molecule has 0 N–H and O–H groups in total. The largest absolute Gasteiger partial charge is 0.451 e. The number of thiophene rings is 1. The van der Waals surface area contributed by atoms with E-state index < -0.39 is 0 Å². The molecule has 2 heterocycles. The van der Waals surface area contributed by atoms with E-state index in [1.54, 1.807) is 46.6 Å². The minimum absolute atomic E-state index is 0.198. The van der Waals surface area contributed by atoms with E-state index in [-0.39, 0.29) is 17.5 Å². The van der Waals surface area contributed by atoms with Crippen molar-refractivity contribution in [1.82, 2.24) is 4.90 Å². The Labute approximate surface area is 143 Å². The summed E-state index contributed by atoms with van der Waals surface area (Å²) in [5.74, 6) is 0.284. The molecule has 0 fully saturated rings. The second-order valence-electron chi connectivity index (χ2n) is 5.22. The van der Waals surface area contributed by atoms with Gasteiger partial charge < -0.3 is 9.32 Å². The highest BCUT2D eigenvalue weighted by Gasteiger charge is 2.19. The second kappa shape index (κ2) is 7.27. The van der Waals surface area contributed by atoms with Gasteiger partial charge in [0.2, 0.25) is 0 Å². The van der Waals surface area contributed by atoms with Crippen LogP contribution in [0.4, 0.5) is 4.39 Å². The first-order chi connectivity index (χ1) is 11.7. The first-order valence-electron chi connectivity index (χ1n) is 7.45. The number of hydrogen-bond acceptors (Lipinski definition) is 3. The standard InChI is InChI=1S/C19H16FNO2S/c1-2-11-21(13-16-4-3-12-24-16)19(22)18-10-9-17(23-18)14-5-7-15(20)8-6-14/h2-10,12H,1,11,13H2. The monoisotopic (exact) mass is 341 g/mol. The smallest absolute Gasteiger partial charge is 0.290 e. The number of furan rings is 1. The van der Waals surface area contributed by atoms with E-state index in [4.69, 9.17) is 4.42 Å². The molecule has 3 rings (SSSR count). The van der Waals surface area contributed by atoms with Crippen LogP contribution in [0.1, 0.15) is 15.4 Å². The first kappa shape index (κ1) is 16.2. The third-order valence-electron chi connectivity index (χ3n) is 3.51. The lowest BCUT2D eigenvalue weighted by molar-refractivity contribution is 0.0733. The van der Waals surface area contributed by atoms with Gasteiger partial charge in [-0.2, -0.15) is 0 Å². The Balaban J connectivity index is 1.80. The maximum atomic E-state index is 13.0. The molecule has 0 radical (unpaired) electrons. The lowest BCUT2D eigenvalue weighted by Gasteiger charge is -2.19. The maximum absolute atomic E-state index is 13.0. The fourth-order valence-corrected chi connectivity index (χ4v) is 3.06. The van der Waals surface area contributed by atoms with Crippen LogP contribution in [0.25, 0.3) is 11.3 Å². The van der Waals surface area contributed by atoms with E-state index in [2.05, 4.69) is 6.58 Å². The molecule has 1 aromatic carbocycles. The van der Waals surface area contributed by atoms with Crippen LogP contribution in [0.2, 0.25) is 0 Å². The molecule has 0 spiro atoms. The second-order valence-corrected chi connectivity index (χ2v) is 6.26.